The van der Waals surface area contributed by atoms with Crippen LogP contribution in [-0.2, 0) is 20.9 Å². The highest BCUT2D eigenvalue weighted by molar-refractivity contribution is 6.03. The highest BCUT2D eigenvalue weighted by Gasteiger charge is 2.65. The zero-order valence-corrected chi connectivity index (χ0v) is 37.9. The summed E-state index contributed by atoms with van der Waals surface area (Å²) in [7, 11) is 0. The number of aliphatic hydroxyl groups excluding tert-OH is 3. The highest BCUT2D eigenvalue weighted by Crippen LogP contribution is 2.62. The van der Waals surface area contributed by atoms with Crippen LogP contribution < -0.4 is 14.2 Å². The van der Waals surface area contributed by atoms with Crippen LogP contribution in [0, 0.1) is 34.8 Å². The van der Waals surface area contributed by atoms with Gasteiger partial charge in [-0.25, -0.2) is 4.79 Å². The molecule has 1 aliphatic heterocycles. The maximum atomic E-state index is 14.8. The number of aliphatic hydroxyl groups is 3. The predicted molar refractivity (Wildman–Crippen MR) is 243 cm³/mol. The summed E-state index contributed by atoms with van der Waals surface area (Å²) in [4.78, 5) is 38.0. The van der Waals surface area contributed by atoms with Gasteiger partial charge in [-0.2, -0.15) is 0 Å². The molecule has 2 aliphatic carbocycles. The fourth-order valence-corrected chi connectivity index (χ4v) is 9.27. The molecule has 1 amide bonds. The summed E-state index contributed by atoms with van der Waals surface area (Å²) in [6.07, 6.45) is 7.46. The molecule has 1 fully saturated rings. The molecule has 6 atom stereocenters. The van der Waals surface area contributed by atoms with Gasteiger partial charge in [-0.05, 0) is 113 Å². The summed E-state index contributed by atoms with van der Waals surface area (Å²) in [6, 6.07) is 15.8. The number of carbonyl (C=O) groups is 1. The number of non-ortho nitro benzene ring substituents is 1. The van der Waals surface area contributed by atoms with Crippen molar-refractivity contribution in [2.45, 2.75) is 103 Å². The molecule has 352 valence electrons. The number of nitro groups is 1. The molecule has 16 nitrogen and oxygen atoms in total. The van der Waals surface area contributed by atoms with Crippen molar-refractivity contribution >= 4 is 17.5 Å². The smallest absolute Gasteiger partial charge is 0.415 e. The molecule has 1 aromatic heterocycles. The van der Waals surface area contributed by atoms with Gasteiger partial charge in [0.15, 0.2) is 0 Å². The Morgan fingerprint density at radius 2 is 1.75 bits per heavy atom. The van der Waals surface area contributed by atoms with Crippen molar-refractivity contribution in [1.82, 2.24) is 9.88 Å². The lowest BCUT2D eigenvalue weighted by molar-refractivity contribution is -0.384. The van der Waals surface area contributed by atoms with Crippen LogP contribution in [0.1, 0.15) is 88.6 Å². The van der Waals surface area contributed by atoms with Crippen LogP contribution in [0.3, 0.4) is 0 Å². The van der Waals surface area contributed by atoms with Crippen molar-refractivity contribution in [3.8, 4) is 17.2 Å². The van der Waals surface area contributed by atoms with Gasteiger partial charge in [0.1, 0.15) is 35.5 Å². The minimum absolute atomic E-state index is 0.00656. The van der Waals surface area contributed by atoms with E-state index in [0.717, 1.165) is 48.2 Å². The summed E-state index contributed by atoms with van der Waals surface area (Å²) in [5.74, 6) is -1.31. The van der Waals surface area contributed by atoms with Gasteiger partial charge < -0.3 is 43.8 Å². The van der Waals surface area contributed by atoms with Gasteiger partial charge in [-0.1, -0.05) is 36.2 Å². The van der Waals surface area contributed by atoms with E-state index in [1.165, 1.54) is 29.2 Å². The normalized spacial score (nSPS) is 22.8. The fraction of sp³-hybridized carbons (Fsp3) is 0.531. The Balaban J connectivity index is 1.57. The molecular formula is C49H64N4O12. The van der Waals surface area contributed by atoms with Crippen molar-refractivity contribution in [3.63, 3.8) is 0 Å². The van der Waals surface area contributed by atoms with E-state index >= 15 is 0 Å². The molecule has 2 heterocycles. The summed E-state index contributed by atoms with van der Waals surface area (Å²) >= 11 is 0. The highest BCUT2D eigenvalue weighted by atomic mass is 16.7. The van der Waals surface area contributed by atoms with E-state index in [0.29, 0.717) is 30.1 Å². The average molecular weight is 901 g/mol. The molecule has 16 heteroatoms. The lowest BCUT2D eigenvalue weighted by Crippen LogP contribution is -2.70. The molecule has 0 bridgehead atoms. The van der Waals surface area contributed by atoms with Crippen LogP contribution in [0.4, 0.5) is 10.5 Å². The zero-order valence-electron chi connectivity index (χ0n) is 37.9. The number of carbonyl (C=O) groups excluding carboxylic acids is 1. The molecular weight excluding hydrogens is 837 g/mol. The van der Waals surface area contributed by atoms with Gasteiger partial charge in [0, 0.05) is 55.5 Å². The number of nitrogens with zero attached hydrogens (tertiary/aromatic N) is 4. The second-order valence-electron chi connectivity index (χ2n) is 17.7. The molecule has 1 saturated carbocycles. The molecule has 2 aromatic carbocycles. The van der Waals surface area contributed by atoms with E-state index in [-0.39, 0.29) is 88.4 Å². The Labute approximate surface area is 381 Å². The van der Waals surface area contributed by atoms with Gasteiger partial charge in [0.25, 0.3) is 5.69 Å². The molecule has 3 N–H and O–H groups in total. The third kappa shape index (κ3) is 12.1. The molecule has 3 aromatic rings. The van der Waals surface area contributed by atoms with E-state index in [1.807, 2.05) is 64.1 Å². The number of nitro benzene ring substituents is 1. The molecule has 0 spiro atoms. The Hall–Kier alpha value is -5.39. The van der Waals surface area contributed by atoms with E-state index in [1.54, 1.807) is 6.08 Å². The quantitative estimate of drug-likeness (QED) is 0.0360. The summed E-state index contributed by atoms with van der Waals surface area (Å²) in [6.45, 7) is 11.8. The van der Waals surface area contributed by atoms with Crippen LogP contribution in [-0.4, -0.2) is 106 Å². The number of aromatic nitrogens is 1. The van der Waals surface area contributed by atoms with Gasteiger partial charge in [0.2, 0.25) is 5.79 Å². The zero-order chi connectivity index (χ0) is 46.6. The summed E-state index contributed by atoms with van der Waals surface area (Å²) in [5.41, 5.74) is 3.15. The number of oxime groups is 1. The van der Waals surface area contributed by atoms with Crippen molar-refractivity contribution < 1.29 is 53.6 Å². The van der Waals surface area contributed by atoms with Crippen LogP contribution in [0.15, 0.2) is 90.1 Å². The first-order valence-electron chi connectivity index (χ1n) is 22.6. The second kappa shape index (κ2) is 22.7. The second-order valence-corrected chi connectivity index (χ2v) is 17.7. The van der Waals surface area contributed by atoms with Crippen molar-refractivity contribution in [3.05, 3.63) is 112 Å². The van der Waals surface area contributed by atoms with Gasteiger partial charge in [-0.3, -0.25) is 20.0 Å². The maximum absolute atomic E-state index is 14.8. The Morgan fingerprint density at radius 3 is 2.43 bits per heavy atom. The average Bonchev–Trinajstić information content (AvgIpc) is 3.28. The first-order valence-corrected chi connectivity index (χ1v) is 22.6. The van der Waals surface area contributed by atoms with E-state index in [9.17, 15) is 30.2 Å². The Bertz CT molecular complexity index is 2140. The first-order chi connectivity index (χ1) is 31.3. The SMILES string of the molecule is C=CCOC12Oc3ccc(OCc4cccc(C)n4)cc3C3C(CCCCO)C(CCCCO)C=C(C(=NOC(C)(C)C)CC1N(CCOCCO)C(=O)Oc1ccc([N+](=O)[O-])cc1)C32. The standard InChI is InChI=1S/C49H64N4O12/c1-6-26-62-49-44(52(22-27-60-28-25-56)47(57)63-37-18-16-36(17-19-37)53(58)59)31-42(51-65-48(3,4)5)40-29-34(13-7-9-23-54)39(15-8-10-24-55)45(46(40)49)41-30-38(20-21-43(41)64-49)61-32-35-14-11-12-33(2)50-35/h6,11-12,14,16-21,29-30,34,39,44-46,54-56H,1,7-10,13,15,22-28,31-32H2,2-5H3. The predicted octanol–water partition coefficient (Wildman–Crippen LogP) is 7.82. The van der Waals surface area contributed by atoms with Gasteiger partial charge in [0.05, 0.1) is 48.7 Å². The van der Waals surface area contributed by atoms with Crippen LogP contribution >= 0.6 is 0 Å². The van der Waals surface area contributed by atoms with Crippen LogP contribution in [0.5, 0.6) is 17.2 Å². The summed E-state index contributed by atoms with van der Waals surface area (Å²) < 4.78 is 32.5. The number of hydrogen-bond donors (Lipinski definition) is 3. The van der Waals surface area contributed by atoms with Crippen LogP contribution in [0.25, 0.3) is 0 Å². The van der Waals surface area contributed by atoms with Gasteiger partial charge in [-0.15, -0.1) is 6.58 Å². The molecule has 65 heavy (non-hydrogen) atoms. The Kier molecular flexibility index (Phi) is 17.1. The first kappa shape index (κ1) is 49.1. The monoisotopic (exact) mass is 900 g/mol. The van der Waals surface area contributed by atoms with Gasteiger partial charge >= 0.3 is 6.09 Å². The summed E-state index contributed by atoms with van der Waals surface area (Å²) in [5, 5.41) is 45.8. The van der Waals surface area contributed by atoms with Crippen LogP contribution in [0.2, 0.25) is 0 Å². The molecule has 6 rings (SSSR count). The minimum Gasteiger partial charge on any atom is -0.487 e. The topological polar surface area (TPSA) is 205 Å². The number of hydrogen-bond acceptors (Lipinski definition) is 14. The molecule has 6 unspecified atom stereocenters. The Morgan fingerprint density at radius 1 is 1.02 bits per heavy atom. The number of ether oxygens (including phenoxy) is 5. The van der Waals surface area contributed by atoms with E-state index in [2.05, 4.69) is 17.6 Å². The number of rotatable bonds is 23. The van der Waals surface area contributed by atoms with Crippen molar-refractivity contribution in [2.75, 3.05) is 46.2 Å². The fourth-order valence-electron chi connectivity index (χ4n) is 9.27. The maximum Gasteiger partial charge on any atom is 0.415 e. The molecule has 0 saturated heterocycles. The largest absolute Gasteiger partial charge is 0.487 e. The number of allylic oxidation sites excluding steroid dienone is 1. The number of aryl methyl sites for hydroxylation is 1. The van der Waals surface area contributed by atoms with Crippen molar-refractivity contribution in [2.24, 2.45) is 22.9 Å². The minimum atomic E-state index is -1.59. The molecule has 0 radical (unpaired) electrons. The number of fused-ring (bicyclic) bond motifs is 2. The number of benzene rings is 2. The van der Waals surface area contributed by atoms with E-state index < -0.39 is 34.4 Å². The number of pyridine rings is 1. The lowest BCUT2D eigenvalue weighted by atomic mass is 9.55. The third-order valence-electron chi connectivity index (χ3n) is 12.0. The lowest BCUT2D eigenvalue weighted by Gasteiger charge is -2.59. The number of amides is 1. The molecule has 3 aliphatic rings. The number of unbranched alkanes of at least 4 members (excludes halogenated alkanes) is 2. The van der Waals surface area contributed by atoms with Crippen molar-refractivity contribution in [1.29, 1.82) is 0 Å². The third-order valence-corrected chi connectivity index (χ3v) is 12.0. The van der Waals surface area contributed by atoms with E-state index in [4.69, 9.17) is 33.7 Å².